The summed E-state index contributed by atoms with van der Waals surface area (Å²) in [5.74, 6) is -0.918. The maximum atomic E-state index is 12.5. The third-order valence-corrected chi connectivity index (χ3v) is 4.72. The zero-order chi connectivity index (χ0) is 23.1. The van der Waals surface area contributed by atoms with Crippen LogP contribution in [0.15, 0.2) is 66.7 Å². The third kappa shape index (κ3) is 5.10. The zero-order valence-electron chi connectivity index (χ0n) is 18.0. The lowest BCUT2D eigenvalue weighted by Crippen LogP contribution is -2.07. The van der Waals surface area contributed by atoms with Crippen LogP contribution < -0.4 is 4.74 Å². The van der Waals surface area contributed by atoms with Crippen LogP contribution in [0.3, 0.4) is 0 Å². The molecule has 0 unspecified atom stereocenters. The Hall–Kier alpha value is -4.19. The van der Waals surface area contributed by atoms with E-state index < -0.39 is 17.9 Å². The molecular weight excluding hydrogens is 408 g/mol. The maximum absolute atomic E-state index is 12.5. The smallest absolute Gasteiger partial charge is 0.338 e. The fourth-order valence-corrected chi connectivity index (χ4v) is 3.27. The first-order chi connectivity index (χ1) is 15.4. The minimum Gasteiger partial charge on any atom is -0.465 e. The highest BCUT2D eigenvalue weighted by molar-refractivity contribution is 6.02. The van der Waals surface area contributed by atoms with Crippen molar-refractivity contribution in [3.63, 3.8) is 0 Å². The highest BCUT2D eigenvalue weighted by Crippen LogP contribution is 2.32. The molecule has 0 amide bonds. The Morgan fingerprint density at radius 2 is 1.28 bits per heavy atom. The standard InChI is InChI=1S/C26H22O6/c1-17(27)32-19-14-11-18(12-15-19)13-16-22-20(9-6-10-24(22)26(29)31-3)21-7-4-5-8-23(21)25(28)30-2/h4-16H,1-3H3/b16-13+. The molecule has 0 saturated carbocycles. The number of benzene rings is 3. The van der Waals surface area contributed by atoms with Crippen molar-refractivity contribution >= 4 is 30.1 Å². The lowest BCUT2D eigenvalue weighted by molar-refractivity contribution is -0.131. The van der Waals surface area contributed by atoms with Crippen LogP contribution >= 0.6 is 0 Å². The second-order valence-corrected chi connectivity index (χ2v) is 6.79. The van der Waals surface area contributed by atoms with E-state index in [-0.39, 0.29) is 0 Å². The van der Waals surface area contributed by atoms with E-state index in [9.17, 15) is 14.4 Å². The van der Waals surface area contributed by atoms with Gasteiger partial charge in [0, 0.05) is 6.92 Å². The van der Waals surface area contributed by atoms with Crippen molar-refractivity contribution in [3.05, 3.63) is 89.0 Å². The van der Waals surface area contributed by atoms with Crippen LogP contribution in [0.1, 0.15) is 38.8 Å². The molecule has 6 heteroatoms. The first-order valence-corrected chi connectivity index (χ1v) is 9.80. The van der Waals surface area contributed by atoms with Crippen molar-refractivity contribution in [2.75, 3.05) is 14.2 Å². The maximum Gasteiger partial charge on any atom is 0.338 e. The van der Waals surface area contributed by atoms with Gasteiger partial charge in [-0.2, -0.15) is 0 Å². The van der Waals surface area contributed by atoms with Crippen molar-refractivity contribution in [1.29, 1.82) is 0 Å². The molecule has 0 bridgehead atoms. The van der Waals surface area contributed by atoms with Crippen molar-refractivity contribution in [3.8, 4) is 16.9 Å². The second kappa shape index (κ2) is 10.2. The second-order valence-electron chi connectivity index (χ2n) is 6.79. The number of methoxy groups -OCH3 is 2. The highest BCUT2D eigenvalue weighted by Gasteiger charge is 2.19. The molecular formula is C26H22O6. The van der Waals surface area contributed by atoms with Gasteiger partial charge in [-0.05, 0) is 46.5 Å². The quantitative estimate of drug-likeness (QED) is 0.310. The molecule has 0 fully saturated rings. The summed E-state index contributed by atoms with van der Waals surface area (Å²) in [6, 6.07) is 19.2. The number of carbonyl (C=O) groups is 3. The van der Waals surface area contributed by atoms with Gasteiger partial charge in [0.05, 0.1) is 25.3 Å². The number of rotatable bonds is 6. The number of carbonyl (C=O) groups excluding carboxylic acids is 3. The Labute approximate surface area is 186 Å². The van der Waals surface area contributed by atoms with Gasteiger partial charge in [0.15, 0.2) is 0 Å². The summed E-state index contributed by atoms with van der Waals surface area (Å²) in [6.07, 6.45) is 3.61. The van der Waals surface area contributed by atoms with Gasteiger partial charge in [0.25, 0.3) is 0 Å². The molecule has 0 atom stereocenters. The minimum absolute atomic E-state index is 0.359. The van der Waals surface area contributed by atoms with Crippen LogP contribution in [0.25, 0.3) is 23.3 Å². The van der Waals surface area contributed by atoms with E-state index in [1.807, 2.05) is 18.2 Å². The van der Waals surface area contributed by atoms with E-state index in [0.717, 1.165) is 5.56 Å². The molecule has 32 heavy (non-hydrogen) atoms. The Balaban J connectivity index is 2.10. The molecule has 0 aliphatic rings. The fraction of sp³-hybridized carbons (Fsp3) is 0.115. The number of esters is 3. The first kappa shape index (κ1) is 22.5. The summed E-state index contributed by atoms with van der Waals surface area (Å²) in [5.41, 5.74) is 3.49. The largest absolute Gasteiger partial charge is 0.465 e. The van der Waals surface area contributed by atoms with Crippen LogP contribution in [0.5, 0.6) is 5.75 Å². The molecule has 6 nitrogen and oxygen atoms in total. The molecule has 0 radical (unpaired) electrons. The van der Waals surface area contributed by atoms with Crippen LogP contribution in [0.4, 0.5) is 0 Å². The Bertz CT molecular complexity index is 1180. The molecule has 0 saturated heterocycles. The molecule has 3 aromatic rings. The number of ether oxygens (including phenoxy) is 3. The van der Waals surface area contributed by atoms with Crippen molar-refractivity contribution in [2.24, 2.45) is 0 Å². The van der Waals surface area contributed by atoms with E-state index >= 15 is 0 Å². The van der Waals surface area contributed by atoms with Crippen molar-refractivity contribution in [1.82, 2.24) is 0 Å². The molecule has 0 aliphatic carbocycles. The summed E-state index contributed by atoms with van der Waals surface area (Å²) < 4.78 is 14.9. The predicted octanol–water partition coefficient (Wildman–Crippen LogP) is 5.02. The number of hydrogen-bond acceptors (Lipinski definition) is 6. The van der Waals surface area contributed by atoms with Gasteiger partial charge in [-0.25, -0.2) is 9.59 Å². The molecule has 0 spiro atoms. The normalized spacial score (nSPS) is 10.6. The predicted molar refractivity (Wildman–Crippen MR) is 121 cm³/mol. The summed E-state index contributed by atoms with van der Waals surface area (Å²) in [4.78, 5) is 35.9. The monoisotopic (exact) mass is 430 g/mol. The zero-order valence-corrected chi connectivity index (χ0v) is 18.0. The minimum atomic E-state index is -0.493. The fourth-order valence-electron chi connectivity index (χ4n) is 3.27. The molecule has 162 valence electrons. The molecule has 3 rings (SSSR count). The summed E-state index contributed by atoms with van der Waals surface area (Å²) in [7, 11) is 2.64. The molecule has 0 aromatic heterocycles. The lowest BCUT2D eigenvalue weighted by Gasteiger charge is -2.14. The Kier molecular flexibility index (Phi) is 7.18. The van der Waals surface area contributed by atoms with Gasteiger partial charge in [-0.3, -0.25) is 4.79 Å². The van der Waals surface area contributed by atoms with Crippen molar-refractivity contribution in [2.45, 2.75) is 6.92 Å². The van der Waals surface area contributed by atoms with E-state index in [0.29, 0.717) is 33.6 Å². The van der Waals surface area contributed by atoms with Crippen LogP contribution in [-0.2, 0) is 14.3 Å². The van der Waals surface area contributed by atoms with Crippen LogP contribution in [0, 0.1) is 0 Å². The topological polar surface area (TPSA) is 78.9 Å². The SMILES string of the molecule is COC(=O)c1ccccc1-c1cccc(C(=O)OC)c1/C=C/c1ccc(OC(C)=O)cc1. The van der Waals surface area contributed by atoms with E-state index in [2.05, 4.69) is 0 Å². The molecule has 3 aromatic carbocycles. The van der Waals surface area contributed by atoms with Crippen molar-refractivity contribution < 1.29 is 28.6 Å². The average Bonchev–Trinajstić information content (AvgIpc) is 2.82. The van der Waals surface area contributed by atoms with E-state index in [4.69, 9.17) is 14.2 Å². The van der Waals surface area contributed by atoms with Gasteiger partial charge in [-0.1, -0.05) is 54.6 Å². The Morgan fingerprint density at radius 3 is 1.94 bits per heavy atom. The number of hydrogen-bond donors (Lipinski definition) is 0. The van der Waals surface area contributed by atoms with Gasteiger partial charge < -0.3 is 14.2 Å². The summed E-state index contributed by atoms with van der Waals surface area (Å²) >= 11 is 0. The van der Waals surface area contributed by atoms with Crippen LogP contribution in [0.2, 0.25) is 0 Å². The summed E-state index contributed by atoms with van der Waals surface area (Å²) in [5, 5.41) is 0. The van der Waals surface area contributed by atoms with Gasteiger partial charge in [-0.15, -0.1) is 0 Å². The average molecular weight is 430 g/mol. The first-order valence-electron chi connectivity index (χ1n) is 9.80. The van der Waals surface area contributed by atoms with Gasteiger partial charge >= 0.3 is 17.9 Å². The Morgan fingerprint density at radius 1 is 0.688 bits per heavy atom. The van der Waals surface area contributed by atoms with Gasteiger partial charge in [0.2, 0.25) is 0 Å². The van der Waals surface area contributed by atoms with Gasteiger partial charge in [0.1, 0.15) is 5.75 Å². The van der Waals surface area contributed by atoms with E-state index in [1.165, 1.54) is 21.1 Å². The molecule has 0 N–H and O–H groups in total. The van der Waals surface area contributed by atoms with Crippen LogP contribution in [-0.4, -0.2) is 32.1 Å². The third-order valence-electron chi connectivity index (χ3n) is 4.72. The lowest BCUT2D eigenvalue weighted by atomic mass is 9.91. The highest BCUT2D eigenvalue weighted by atomic mass is 16.5. The summed E-state index contributed by atoms with van der Waals surface area (Å²) in [6.45, 7) is 1.34. The molecule has 0 aliphatic heterocycles. The van der Waals surface area contributed by atoms with E-state index in [1.54, 1.807) is 60.7 Å². The molecule has 0 heterocycles.